The summed E-state index contributed by atoms with van der Waals surface area (Å²) in [6.45, 7) is 3.11. The van der Waals surface area contributed by atoms with Crippen LogP contribution in [0, 0.1) is 6.92 Å². The minimum absolute atomic E-state index is 0.144. The number of hydrogen-bond acceptors (Lipinski definition) is 4. The van der Waals surface area contributed by atoms with E-state index in [1.807, 2.05) is 49.4 Å². The van der Waals surface area contributed by atoms with Crippen molar-refractivity contribution >= 4 is 11.6 Å². The molecule has 0 fully saturated rings. The Bertz CT molecular complexity index is 832. The minimum Gasteiger partial charge on any atom is -0.378 e. The van der Waals surface area contributed by atoms with Crippen LogP contribution in [0.25, 0.3) is 0 Å². The minimum atomic E-state index is -0.144. The fourth-order valence-corrected chi connectivity index (χ4v) is 2.35. The van der Waals surface area contributed by atoms with Gasteiger partial charge in [-0.25, -0.2) is 0 Å². The molecule has 0 aliphatic carbocycles. The molecule has 0 spiro atoms. The predicted molar refractivity (Wildman–Crippen MR) is 98.1 cm³/mol. The highest BCUT2D eigenvalue weighted by atomic mass is 16.1. The number of pyridine rings is 2. The number of amides is 1. The van der Waals surface area contributed by atoms with Crippen LogP contribution in [0.4, 0.5) is 5.69 Å². The molecule has 0 bridgehead atoms. The van der Waals surface area contributed by atoms with Crippen LogP contribution in [-0.2, 0) is 13.1 Å². The number of rotatable bonds is 6. The average molecular weight is 332 g/mol. The third-order valence-corrected chi connectivity index (χ3v) is 3.77. The Hall–Kier alpha value is -3.21. The first-order valence-electron chi connectivity index (χ1n) is 8.13. The molecule has 1 amide bonds. The normalized spacial score (nSPS) is 10.3. The molecule has 2 N–H and O–H groups in total. The van der Waals surface area contributed by atoms with E-state index in [9.17, 15) is 4.79 Å². The largest absolute Gasteiger partial charge is 0.378 e. The van der Waals surface area contributed by atoms with Gasteiger partial charge in [-0.3, -0.25) is 14.8 Å². The summed E-state index contributed by atoms with van der Waals surface area (Å²) in [6, 6.07) is 15.6. The highest BCUT2D eigenvalue weighted by Crippen LogP contribution is 2.10. The van der Waals surface area contributed by atoms with Gasteiger partial charge in [0.1, 0.15) is 0 Å². The molecule has 25 heavy (non-hydrogen) atoms. The predicted octanol–water partition coefficient (Wildman–Crippen LogP) is 3.33. The summed E-state index contributed by atoms with van der Waals surface area (Å²) < 4.78 is 0. The van der Waals surface area contributed by atoms with E-state index >= 15 is 0 Å². The second-order valence-corrected chi connectivity index (χ2v) is 5.81. The zero-order valence-electron chi connectivity index (χ0n) is 14.1. The van der Waals surface area contributed by atoms with Crippen molar-refractivity contribution in [1.82, 2.24) is 15.3 Å². The smallest absolute Gasteiger partial charge is 0.253 e. The molecule has 0 unspecified atom stereocenters. The molecule has 0 saturated carbocycles. The van der Waals surface area contributed by atoms with Crippen LogP contribution in [-0.4, -0.2) is 15.9 Å². The number of benzene rings is 1. The van der Waals surface area contributed by atoms with Crippen LogP contribution in [0.15, 0.2) is 67.1 Å². The highest BCUT2D eigenvalue weighted by molar-refractivity contribution is 5.94. The van der Waals surface area contributed by atoms with Crippen molar-refractivity contribution in [3.05, 3.63) is 89.5 Å². The molecule has 0 aliphatic heterocycles. The van der Waals surface area contributed by atoms with Crippen molar-refractivity contribution in [1.29, 1.82) is 0 Å². The monoisotopic (exact) mass is 332 g/mol. The fraction of sp³-hybridized carbons (Fsp3) is 0.150. The van der Waals surface area contributed by atoms with E-state index in [4.69, 9.17) is 0 Å². The van der Waals surface area contributed by atoms with Gasteiger partial charge in [-0.05, 0) is 30.7 Å². The molecule has 126 valence electrons. The standard InChI is InChI=1S/C20H20N4O/c1-15-5-7-16(8-6-15)11-24-20(25)17-10-19(13-21-12-17)23-14-18-4-2-3-9-22-18/h2-10,12-13,23H,11,14H2,1H3,(H,24,25). The lowest BCUT2D eigenvalue weighted by Crippen LogP contribution is -2.23. The number of nitrogens with one attached hydrogen (secondary N) is 2. The van der Waals surface area contributed by atoms with E-state index < -0.39 is 0 Å². The Kier molecular flexibility index (Phi) is 5.36. The molecular weight excluding hydrogens is 312 g/mol. The van der Waals surface area contributed by atoms with E-state index in [1.165, 1.54) is 5.56 Å². The number of aromatic nitrogens is 2. The second kappa shape index (κ2) is 8.06. The summed E-state index contributed by atoms with van der Waals surface area (Å²) in [5.74, 6) is -0.144. The van der Waals surface area contributed by atoms with Crippen LogP contribution in [0.5, 0.6) is 0 Å². The maximum atomic E-state index is 12.3. The maximum Gasteiger partial charge on any atom is 0.253 e. The summed E-state index contributed by atoms with van der Waals surface area (Å²) in [6.07, 6.45) is 5.01. The number of hydrogen-bond donors (Lipinski definition) is 2. The Balaban J connectivity index is 1.58. The Morgan fingerprint density at radius 2 is 1.88 bits per heavy atom. The second-order valence-electron chi connectivity index (χ2n) is 5.81. The molecule has 3 rings (SSSR count). The highest BCUT2D eigenvalue weighted by Gasteiger charge is 2.07. The zero-order chi connectivity index (χ0) is 17.5. The maximum absolute atomic E-state index is 12.3. The number of anilines is 1. The first-order valence-corrected chi connectivity index (χ1v) is 8.13. The summed E-state index contributed by atoms with van der Waals surface area (Å²) in [4.78, 5) is 20.7. The van der Waals surface area contributed by atoms with E-state index in [0.717, 1.165) is 16.9 Å². The molecule has 0 radical (unpaired) electrons. The van der Waals surface area contributed by atoms with E-state index in [1.54, 1.807) is 24.7 Å². The van der Waals surface area contributed by atoms with Gasteiger partial charge < -0.3 is 10.6 Å². The van der Waals surface area contributed by atoms with Crippen molar-refractivity contribution in [2.75, 3.05) is 5.32 Å². The van der Waals surface area contributed by atoms with Gasteiger partial charge in [0.2, 0.25) is 0 Å². The van der Waals surface area contributed by atoms with Crippen LogP contribution in [0.1, 0.15) is 27.2 Å². The van der Waals surface area contributed by atoms with Crippen LogP contribution < -0.4 is 10.6 Å². The molecule has 0 atom stereocenters. The van der Waals surface area contributed by atoms with Gasteiger partial charge in [-0.15, -0.1) is 0 Å². The molecular formula is C20H20N4O. The van der Waals surface area contributed by atoms with Crippen LogP contribution in [0.3, 0.4) is 0 Å². The van der Waals surface area contributed by atoms with Gasteiger partial charge >= 0.3 is 0 Å². The van der Waals surface area contributed by atoms with Gasteiger partial charge in [0.25, 0.3) is 5.91 Å². The summed E-state index contributed by atoms with van der Waals surface area (Å²) >= 11 is 0. The number of carbonyl (C=O) groups excluding carboxylic acids is 1. The lowest BCUT2D eigenvalue weighted by atomic mass is 10.1. The van der Waals surface area contributed by atoms with Gasteiger partial charge in [0, 0.05) is 25.1 Å². The fourth-order valence-electron chi connectivity index (χ4n) is 2.35. The lowest BCUT2D eigenvalue weighted by Gasteiger charge is -2.09. The van der Waals surface area contributed by atoms with E-state index in [2.05, 4.69) is 20.6 Å². The first kappa shape index (κ1) is 16.6. The molecule has 5 nitrogen and oxygen atoms in total. The zero-order valence-corrected chi connectivity index (χ0v) is 14.1. The quantitative estimate of drug-likeness (QED) is 0.726. The molecule has 1 aromatic carbocycles. The Morgan fingerprint density at radius 3 is 2.64 bits per heavy atom. The number of aryl methyl sites for hydroxylation is 1. The van der Waals surface area contributed by atoms with Crippen molar-refractivity contribution < 1.29 is 4.79 Å². The third-order valence-electron chi connectivity index (χ3n) is 3.77. The summed E-state index contributed by atoms with van der Waals surface area (Å²) in [5, 5.41) is 6.15. The third kappa shape index (κ3) is 4.88. The van der Waals surface area contributed by atoms with E-state index in [-0.39, 0.29) is 5.91 Å². The summed E-state index contributed by atoms with van der Waals surface area (Å²) in [7, 11) is 0. The van der Waals surface area contributed by atoms with Gasteiger partial charge in [0.05, 0.1) is 23.5 Å². The average Bonchev–Trinajstić information content (AvgIpc) is 2.67. The molecule has 2 heterocycles. The number of nitrogens with zero attached hydrogens (tertiary/aromatic N) is 2. The van der Waals surface area contributed by atoms with Crippen molar-refractivity contribution in [3.63, 3.8) is 0 Å². The van der Waals surface area contributed by atoms with Crippen LogP contribution in [0.2, 0.25) is 0 Å². The van der Waals surface area contributed by atoms with Gasteiger partial charge in [0.15, 0.2) is 0 Å². The topological polar surface area (TPSA) is 66.9 Å². The SMILES string of the molecule is Cc1ccc(CNC(=O)c2cncc(NCc3ccccn3)c2)cc1. The van der Waals surface area contributed by atoms with Crippen molar-refractivity contribution in [2.45, 2.75) is 20.0 Å². The molecule has 3 aromatic rings. The van der Waals surface area contributed by atoms with Crippen molar-refractivity contribution in [3.8, 4) is 0 Å². The lowest BCUT2D eigenvalue weighted by molar-refractivity contribution is 0.0950. The first-order chi connectivity index (χ1) is 12.2. The Morgan fingerprint density at radius 1 is 1.04 bits per heavy atom. The molecule has 0 saturated heterocycles. The molecule has 2 aromatic heterocycles. The molecule has 5 heteroatoms. The molecule has 0 aliphatic rings. The van der Waals surface area contributed by atoms with Crippen LogP contribution >= 0.6 is 0 Å². The number of carbonyl (C=O) groups is 1. The van der Waals surface area contributed by atoms with Crippen molar-refractivity contribution in [2.24, 2.45) is 0 Å². The van der Waals surface area contributed by atoms with Gasteiger partial charge in [-0.1, -0.05) is 35.9 Å². The van der Waals surface area contributed by atoms with E-state index in [0.29, 0.717) is 18.7 Å². The van der Waals surface area contributed by atoms with Gasteiger partial charge in [-0.2, -0.15) is 0 Å². The Labute approximate surface area is 147 Å². The summed E-state index contributed by atoms with van der Waals surface area (Å²) in [5.41, 5.74) is 4.51.